The molecule has 5 heteroatoms. The zero-order valence-electron chi connectivity index (χ0n) is 16.5. The molecule has 1 amide bonds. The number of nitrogens with zero attached hydrogens (tertiary/aromatic N) is 3. The van der Waals surface area contributed by atoms with Crippen LogP contribution in [0.1, 0.15) is 32.3 Å². The lowest BCUT2D eigenvalue weighted by Crippen LogP contribution is -2.47. The van der Waals surface area contributed by atoms with Gasteiger partial charge in [-0.3, -0.25) is 9.69 Å². The maximum atomic E-state index is 12.8. The van der Waals surface area contributed by atoms with Gasteiger partial charge >= 0.3 is 0 Å². The summed E-state index contributed by atoms with van der Waals surface area (Å²) >= 11 is 0. The molecule has 26 heavy (non-hydrogen) atoms. The van der Waals surface area contributed by atoms with E-state index < -0.39 is 0 Å². The van der Waals surface area contributed by atoms with Crippen molar-refractivity contribution in [3.63, 3.8) is 0 Å². The molecule has 0 spiro atoms. The maximum Gasteiger partial charge on any atom is 0.225 e. The van der Waals surface area contributed by atoms with E-state index in [0.717, 1.165) is 52.3 Å². The van der Waals surface area contributed by atoms with Crippen LogP contribution in [-0.4, -0.2) is 73.7 Å². The van der Waals surface area contributed by atoms with Crippen LogP contribution in [0.4, 0.5) is 5.69 Å². The molecule has 144 valence electrons. The van der Waals surface area contributed by atoms with Crippen LogP contribution >= 0.6 is 0 Å². The summed E-state index contributed by atoms with van der Waals surface area (Å²) in [6.45, 7) is 12.7. The Morgan fingerprint density at radius 2 is 1.96 bits per heavy atom. The fourth-order valence-corrected chi connectivity index (χ4v) is 3.98. The molecule has 0 aromatic heterocycles. The SMILES string of the molecule is Cc1ccccc1N1CCCN(C(=O)CC2CN(C(C)C)CCO2)CC1. The van der Waals surface area contributed by atoms with E-state index in [1.54, 1.807) is 0 Å². The van der Waals surface area contributed by atoms with Gasteiger partial charge in [0, 0.05) is 51.0 Å². The van der Waals surface area contributed by atoms with E-state index in [2.05, 4.69) is 54.8 Å². The molecule has 1 unspecified atom stereocenters. The molecule has 0 bridgehead atoms. The maximum absolute atomic E-state index is 12.8. The highest BCUT2D eigenvalue weighted by Gasteiger charge is 2.27. The lowest BCUT2D eigenvalue weighted by Gasteiger charge is -2.36. The highest BCUT2D eigenvalue weighted by atomic mass is 16.5. The second kappa shape index (κ2) is 8.87. The number of benzene rings is 1. The fraction of sp³-hybridized carbons (Fsp3) is 0.667. The summed E-state index contributed by atoms with van der Waals surface area (Å²) < 4.78 is 5.86. The minimum Gasteiger partial charge on any atom is -0.375 e. The lowest BCUT2D eigenvalue weighted by molar-refractivity contribution is -0.136. The van der Waals surface area contributed by atoms with Gasteiger partial charge in [-0.25, -0.2) is 0 Å². The van der Waals surface area contributed by atoms with Crippen LogP contribution in [0.3, 0.4) is 0 Å². The quantitative estimate of drug-likeness (QED) is 0.828. The van der Waals surface area contributed by atoms with Gasteiger partial charge in [0.25, 0.3) is 0 Å². The molecule has 0 radical (unpaired) electrons. The average molecular weight is 360 g/mol. The summed E-state index contributed by atoms with van der Waals surface area (Å²) in [5, 5.41) is 0. The van der Waals surface area contributed by atoms with Crippen LogP contribution < -0.4 is 4.90 Å². The number of carbonyl (C=O) groups is 1. The molecular weight excluding hydrogens is 326 g/mol. The summed E-state index contributed by atoms with van der Waals surface area (Å²) in [7, 11) is 0. The number of hydrogen-bond donors (Lipinski definition) is 0. The topological polar surface area (TPSA) is 36.0 Å². The van der Waals surface area contributed by atoms with E-state index >= 15 is 0 Å². The van der Waals surface area contributed by atoms with Crippen LogP contribution in [0.25, 0.3) is 0 Å². The Labute approximate surface area is 157 Å². The smallest absolute Gasteiger partial charge is 0.225 e. The number of hydrogen-bond acceptors (Lipinski definition) is 4. The summed E-state index contributed by atoms with van der Waals surface area (Å²) in [6.07, 6.45) is 1.56. The van der Waals surface area contributed by atoms with Gasteiger partial charge < -0.3 is 14.5 Å². The number of morpholine rings is 1. The molecule has 2 saturated heterocycles. The van der Waals surface area contributed by atoms with Crippen LogP contribution in [0, 0.1) is 6.92 Å². The summed E-state index contributed by atoms with van der Waals surface area (Å²) in [5.74, 6) is 0.243. The van der Waals surface area contributed by atoms with Gasteiger partial charge in [0.05, 0.1) is 19.1 Å². The first kappa shape index (κ1) is 19.2. The first-order chi connectivity index (χ1) is 12.5. The largest absolute Gasteiger partial charge is 0.375 e. The number of anilines is 1. The predicted octanol–water partition coefficient (Wildman–Crippen LogP) is 2.53. The number of aryl methyl sites for hydroxylation is 1. The molecule has 5 nitrogen and oxygen atoms in total. The molecule has 0 N–H and O–H groups in total. The molecule has 1 aromatic carbocycles. The summed E-state index contributed by atoms with van der Waals surface area (Å²) in [5.41, 5.74) is 2.60. The van der Waals surface area contributed by atoms with Gasteiger partial charge in [-0.15, -0.1) is 0 Å². The lowest BCUT2D eigenvalue weighted by atomic mass is 10.1. The van der Waals surface area contributed by atoms with Crippen molar-refractivity contribution >= 4 is 11.6 Å². The van der Waals surface area contributed by atoms with Crippen LogP contribution in [0.2, 0.25) is 0 Å². The monoisotopic (exact) mass is 359 g/mol. The van der Waals surface area contributed by atoms with Crippen LogP contribution in [-0.2, 0) is 9.53 Å². The number of para-hydroxylation sites is 1. The van der Waals surface area contributed by atoms with Crippen molar-refractivity contribution < 1.29 is 9.53 Å². The molecule has 0 saturated carbocycles. The molecule has 0 aliphatic carbocycles. The second-order valence-electron chi connectivity index (χ2n) is 7.79. The fourth-order valence-electron chi connectivity index (χ4n) is 3.98. The molecule has 2 aliphatic heterocycles. The van der Waals surface area contributed by atoms with E-state index in [1.807, 2.05) is 4.90 Å². The van der Waals surface area contributed by atoms with Crippen molar-refractivity contribution in [1.29, 1.82) is 0 Å². The molecule has 2 aliphatic rings. The number of ether oxygens (including phenoxy) is 1. The van der Waals surface area contributed by atoms with Crippen LogP contribution in [0.15, 0.2) is 24.3 Å². The molecule has 2 heterocycles. The van der Waals surface area contributed by atoms with Crippen molar-refractivity contribution in [2.75, 3.05) is 50.8 Å². The molecule has 1 aromatic rings. The average Bonchev–Trinajstić information content (AvgIpc) is 2.88. The predicted molar refractivity (Wildman–Crippen MR) is 106 cm³/mol. The Bertz CT molecular complexity index is 605. The zero-order valence-corrected chi connectivity index (χ0v) is 16.5. The van der Waals surface area contributed by atoms with Crippen molar-refractivity contribution in [2.24, 2.45) is 0 Å². The first-order valence-corrected chi connectivity index (χ1v) is 9.98. The van der Waals surface area contributed by atoms with Gasteiger partial charge in [0.15, 0.2) is 0 Å². The zero-order chi connectivity index (χ0) is 18.5. The van der Waals surface area contributed by atoms with E-state index in [9.17, 15) is 4.79 Å². The van der Waals surface area contributed by atoms with E-state index in [0.29, 0.717) is 12.5 Å². The van der Waals surface area contributed by atoms with Crippen molar-refractivity contribution in [3.05, 3.63) is 29.8 Å². The van der Waals surface area contributed by atoms with E-state index in [-0.39, 0.29) is 12.0 Å². The van der Waals surface area contributed by atoms with Crippen LogP contribution in [0.5, 0.6) is 0 Å². The summed E-state index contributed by atoms with van der Waals surface area (Å²) in [4.78, 5) is 19.7. The standard InChI is InChI=1S/C21H33N3O2/c1-17(2)24-13-14-26-19(16-24)15-21(25)23-10-6-9-22(11-12-23)20-8-5-4-7-18(20)3/h4-5,7-8,17,19H,6,9-16H2,1-3H3. The Hall–Kier alpha value is -1.59. The number of rotatable bonds is 4. The molecule has 1 atom stereocenters. The van der Waals surface area contributed by atoms with E-state index in [1.165, 1.54) is 11.3 Å². The normalized spacial score (nSPS) is 22.5. The van der Waals surface area contributed by atoms with E-state index in [4.69, 9.17) is 4.74 Å². The van der Waals surface area contributed by atoms with Gasteiger partial charge in [0.2, 0.25) is 5.91 Å². The molecule has 2 fully saturated rings. The first-order valence-electron chi connectivity index (χ1n) is 9.98. The van der Waals surface area contributed by atoms with Crippen molar-refractivity contribution in [1.82, 2.24) is 9.80 Å². The Morgan fingerprint density at radius 3 is 2.73 bits per heavy atom. The van der Waals surface area contributed by atoms with Gasteiger partial charge in [-0.2, -0.15) is 0 Å². The third-order valence-electron chi connectivity index (χ3n) is 5.61. The molecular formula is C21H33N3O2. The third kappa shape index (κ3) is 4.77. The highest BCUT2D eigenvalue weighted by molar-refractivity contribution is 5.77. The number of carbonyl (C=O) groups excluding carboxylic acids is 1. The Kier molecular flexibility index (Phi) is 6.54. The van der Waals surface area contributed by atoms with Gasteiger partial charge in [-0.05, 0) is 38.8 Å². The second-order valence-corrected chi connectivity index (χ2v) is 7.79. The van der Waals surface area contributed by atoms with Crippen molar-refractivity contribution in [2.45, 2.75) is 45.8 Å². The summed E-state index contributed by atoms with van der Waals surface area (Å²) in [6, 6.07) is 9.03. The minimum absolute atomic E-state index is 0.0365. The molecule has 3 rings (SSSR count). The highest BCUT2D eigenvalue weighted by Crippen LogP contribution is 2.21. The Morgan fingerprint density at radius 1 is 1.15 bits per heavy atom. The minimum atomic E-state index is 0.0365. The number of amides is 1. The van der Waals surface area contributed by atoms with Gasteiger partial charge in [-0.1, -0.05) is 18.2 Å². The Balaban J connectivity index is 1.54. The van der Waals surface area contributed by atoms with Crippen molar-refractivity contribution in [3.8, 4) is 0 Å². The third-order valence-corrected chi connectivity index (χ3v) is 5.61. The van der Waals surface area contributed by atoms with Gasteiger partial charge in [0.1, 0.15) is 0 Å².